The lowest BCUT2D eigenvalue weighted by molar-refractivity contribution is -0.141. The van der Waals surface area contributed by atoms with E-state index in [2.05, 4.69) is 5.32 Å². The number of hydrogen-bond donors (Lipinski definition) is 2. The van der Waals surface area contributed by atoms with Crippen LogP contribution in [-0.2, 0) is 4.79 Å². The molecule has 1 fully saturated rings. The second-order valence-electron chi connectivity index (χ2n) is 3.25. The van der Waals surface area contributed by atoms with Gasteiger partial charge in [-0.25, -0.2) is 4.79 Å². The maximum Gasteiger partial charge on any atom is 0.317 e. The molecule has 1 heterocycles. The second kappa shape index (κ2) is 4.11. The zero-order chi connectivity index (χ0) is 9.84. The van der Waals surface area contributed by atoms with Crippen molar-refractivity contribution in [2.45, 2.75) is 13.3 Å². The second-order valence-corrected chi connectivity index (χ2v) is 3.25. The molecule has 0 aromatic carbocycles. The van der Waals surface area contributed by atoms with Crippen LogP contribution in [0, 0.1) is 5.92 Å². The summed E-state index contributed by atoms with van der Waals surface area (Å²) < 4.78 is 0. The molecule has 1 rings (SSSR count). The minimum atomic E-state index is -0.806. The zero-order valence-electron chi connectivity index (χ0n) is 7.62. The Kier molecular flexibility index (Phi) is 3.11. The molecule has 13 heavy (non-hydrogen) atoms. The van der Waals surface area contributed by atoms with E-state index in [4.69, 9.17) is 5.11 Å². The molecule has 1 aliphatic rings. The van der Waals surface area contributed by atoms with Crippen LogP contribution < -0.4 is 5.32 Å². The lowest BCUT2D eigenvalue weighted by atomic mass is 10.1. The standard InChI is InChI=1S/C8H14N2O3/c1-6(7(11)12)2-4-10-5-3-9-8(10)13/h6H,2-5H2,1H3,(H,9,13)(H,11,12). The van der Waals surface area contributed by atoms with Crippen molar-refractivity contribution in [1.29, 1.82) is 0 Å². The normalized spacial score (nSPS) is 18.5. The summed E-state index contributed by atoms with van der Waals surface area (Å²) in [7, 11) is 0. The zero-order valence-corrected chi connectivity index (χ0v) is 7.62. The Morgan fingerprint density at radius 2 is 2.46 bits per heavy atom. The Labute approximate surface area is 76.7 Å². The lowest BCUT2D eigenvalue weighted by Gasteiger charge is -2.15. The summed E-state index contributed by atoms with van der Waals surface area (Å²) in [5.74, 6) is -1.19. The highest BCUT2D eigenvalue weighted by Crippen LogP contribution is 2.05. The Balaban J connectivity index is 2.25. The van der Waals surface area contributed by atoms with Crippen LogP contribution in [0.15, 0.2) is 0 Å². The van der Waals surface area contributed by atoms with Crippen molar-refractivity contribution >= 4 is 12.0 Å². The highest BCUT2D eigenvalue weighted by Gasteiger charge is 2.20. The maximum atomic E-state index is 11.0. The van der Waals surface area contributed by atoms with Crippen LogP contribution in [0.4, 0.5) is 4.79 Å². The predicted octanol–water partition coefficient (Wildman–Crippen LogP) is 0.122. The molecule has 2 N–H and O–H groups in total. The highest BCUT2D eigenvalue weighted by molar-refractivity contribution is 5.76. The first kappa shape index (κ1) is 9.83. The van der Waals surface area contributed by atoms with E-state index in [1.807, 2.05) is 0 Å². The number of carboxylic acid groups (broad SMARTS) is 1. The van der Waals surface area contributed by atoms with Crippen LogP contribution >= 0.6 is 0 Å². The monoisotopic (exact) mass is 186 g/mol. The van der Waals surface area contributed by atoms with Gasteiger partial charge in [-0.15, -0.1) is 0 Å². The number of nitrogens with one attached hydrogen (secondary N) is 1. The average molecular weight is 186 g/mol. The van der Waals surface area contributed by atoms with Crippen molar-refractivity contribution in [3.8, 4) is 0 Å². The van der Waals surface area contributed by atoms with Gasteiger partial charge >= 0.3 is 12.0 Å². The van der Waals surface area contributed by atoms with Crippen molar-refractivity contribution < 1.29 is 14.7 Å². The van der Waals surface area contributed by atoms with Crippen molar-refractivity contribution in [2.24, 2.45) is 5.92 Å². The molecule has 1 unspecified atom stereocenters. The summed E-state index contributed by atoms with van der Waals surface area (Å²) in [5.41, 5.74) is 0. The highest BCUT2D eigenvalue weighted by atomic mass is 16.4. The van der Waals surface area contributed by atoms with E-state index in [1.165, 1.54) is 0 Å². The third-order valence-corrected chi connectivity index (χ3v) is 2.20. The van der Waals surface area contributed by atoms with E-state index in [1.54, 1.807) is 11.8 Å². The summed E-state index contributed by atoms with van der Waals surface area (Å²) in [6.45, 7) is 3.53. The number of urea groups is 1. The number of rotatable bonds is 4. The van der Waals surface area contributed by atoms with Gasteiger partial charge in [0, 0.05) is 19.6 Å². The number of carboxylic acids is 1. The minimum absolute atomic E-state index is 0.0856. The van der Waals surface area contributed by atoms with E-state index in [-0.39, 0.29) is 11.9 Å². The van der Waals surface area contributed by atoms with Gasteiger partial charge in [-0.3, -0.25) is 4.79 Å². The predicted molar refractivity (Wildman–Crippen MR) is 46.4 cm³/mol. The summed E-state index contributed by atoms with van der Waals surface area (Å²) >= 11 is 0. The average Bonchev–Trinajstić information content (AvgIpc) is 2.47. The number of carbonyl (C=O) groups is 2. The molecule has 0 aromatic rings. The fraction of sp³-hybridized carbons (Fsp3) is 0.750. The van der Waals surface area contributed by atoms with Crippen LogP contribution in [0.3, 0.4) is 0 Å². The van der Waals surface area contributed by atoms with E-state index >= 15 is 0 Å². The van der Waals surface area contributed by atoms with Crippen molar-refractivity contribution in [2.75, 3.05) is 19.6 Å². The topological polar surface area (TPSA) is 69.6 Å². The molecule has 0 radical (unpaired) electrons. The molecular weight excluding hydrogens is 172 g/mol. The summed E-state index contributed by atoms with van der Waals surface area (Å²) in [6.07, 6.45) is 0.517. The van der Waals surface area contributed by atoms with Gasteiger partial charge in [0.05, 0.1) is 5.92 Å². The molecule has 1 atom stereocenters. The molecule has 5 heteroatoms. The summed E-state index contributed by atoms with van der Waals surface area (Å²) in [4.78, 5) is 23.1. The van der Waals surface area contributed by atoms with Gasteiger partial charge in [-0.1, -0.05) is 6.92 Å². The first-order valence-electron chi connectivity index (χ1n) is 4.37. The molecule has 1 saturated heterocycles. The van der Waals surface area contributed by atoms with Gasteiger partial charge in [0.15, 0.2) is 0 Å². The van der Waals surface area contributed by atoms with Crippen molar-refractivity contribution in [1.82, 2.24) is 10.2 Å². The van der Waals surface area contributed by atoms with Crippen LogP contribution in [0.5, 0.6) is 0 Å². The van der Waals surface area contributed by atoms with Gasteiger partial charge in [-0.05, 0) is 6.42 Å². The quantitative estimate of drug-likeness (QED) is 0.655. The maximum absolute atomic E-state index is 11.0. The number of nitrogens with zero attached hydrogens (tertiary/aromatic N) is 1. The minimum Gasteiger partial charge on any atom is -0.481 e. The first-order chi connectivity index (χ1) is 6.11. The Morgan fingerprint density at radius 3 is 2.92 bits per heavy atom. The van der Waals surface area contributed by atoms with Crippen LogP contribution in [0.2, 0.25) is 0 Å². The number of aliphatic carboxylic acids is 1. The first-order valence-corrected chi connectivity index (χ1v) is 4.37. The number of carbonyl (C=O) groups excluding carboxylic acids is 1. The van der Waals surface area contributed by atoms with E-state index in [9.17, 15) is 9.59 Å². The van der Waals surface area contributed by atoms with Crippen LogP contribution in [0.25, 0.3) is 0 Å². The number of hydrogen-bond acceptors (Lipinski definition) is 2. The van der Waals surface area contributed by atoms with Crippen molar-refractivity contribution in [3.05, 3.63) is 0 Å². The molecular formula is C8H14N2O3. The molecule has 0 bridgehead atoms. The van der Waals surface area contributed by atoms with Gasteiger partial charge in [-0.2, -0.15) is 0 Å². The number of amides is 2. The Morgan fingerprint density at radius 1 is 1.77 bits per heavy atom. The molecule has 5 nitrogen and oxygen atoms in total. The van der Waals surface area contributed by atoms with Gasteiger partial charge in [0.2, 0.25) is 0 Å². The third kappa shape index (κ3) is 2.61. The summed E-state index contributed by atoms with van der Waals surface area (Å²) in [6, 6.07) is -0.0856. The van der Waals surface area contributed by atoms with Crippen LogP contribution in [0.1, 0.15) is 13.3 Å². The van der Waals surface area contributed by atoms with Crippen LogP contribution in [-0.4, -0.2) is 41.6 Å². The fourth-order valence-electron chi connectivity index (χ4n) is 1.20. The third-order valence-electron chi connectivity index (χ3n) is 2.20. The molecule has 1 aliphatic heterocycles. The smallest absolute Gasteiger partial charge is 0.317 e. The van der Waals surface area contributed by atoms with Gasteiger partial charge in [0.25, 0.3) is 0 Å². The Hall–Kier alpha value is -1.26. The Bertz CT molecular complexity index is 217. The van der Waals surface area contributed by atoms with E-state index in [0.29, 0.717) is 26.1 Å². The molecule has 0 aliphatic carbocycles. The van der Waals surface area contributed by atoms with E-state index < -0.39 is 5.97 Å². The SMILES string of the molecule is CC(CCN1CCNC1=O)C(=O)O. The molecule has 0 spiro atoms. The lowest BCUT2D eigenvalue weighted by Crippen LogP contribution is -2.30. The van der Waals surface area contributed by atoms with E-state index in [0.717, 1.165) is 0 Å². The molecule has 0 aromatic heterocycles. The largest absolute Gasteiger partial charge is 0.481 e. The van der Waals surface area contributed by atoms with Gasteiger partial charge < -0.3 is 15.3 Å². The summed E-state index contributed by atoms with van der Waals surface area (Å²) in [5, 5.41) is 11.3. The fourth-order valence-corrected chi connectivity index (χ4v) is 1.20. The molecule has 74 valence electrons. The van der Waals surface area contributed by atoms with Crippen molar-refractivity contribution in [3.63, 3.8) is 0 Å². The molecule has 2 amide bonds. The molecule has 0 saturated carbocycles. The van der Waals surface area contributed by atoms with Gasteiger partial charge in [0.1, 0.15) is 0 Å².